The number of nitrogens with one attached hydrogen (secondary N) is 1. The van der Waals surface area contributed by atoms with Crippen LogP contribution in [0.1, 0.15) is 38.9 Å². The van der Waals surface area contributed by atoms with E-state index in [1.54, 1.807) is 44.2 Å². The van der Waals surface area contributed by atoms with Crippen LogP contribution in [0.3, 0.4) is 0 Å². The summed E-state index contributed by atoms with van der Waals surface area (Å²) in [6.07, 6.45) is 1.26. The van der Waals surface area contributed by atoms with Gasteiger partial charge in [0.15, 0.2) is 5.78 Å². The molecule has 27 heavy (non-hydrogen) atoms. The van der Waals surface area contributed by atoms with Crippen molar-refractivity contribution in [2.75, 3.05) is 6.61 Å². The molecular weight excluding hydrogens is 346 g/mol. The average Bonchev–Trinajstić information content (AvgIpc) is 2.95. The van der Waals surface area contributed by atoms with Crippen molar-refractivity contribution in [2.24, 2.45) is 0 Å². The third kappa shape index (κ3) is 3.02. The molecule has 2 heterocycles. The summed E-state index contributed by atoms with van der Waals surface area (Å²) in [5.41, 5.74) is 0.971. The molecule has 136 valence electrons. The van der Waals surface area contributed by atoms with Crippen LogP contribution in [-0.4, -0.2) is 27.9 Å². The van der Waals surface area contributed by atoms with Crippen LogP contribution in [0.4, 0.5) is 0 Å². The lowest BCUT2D eigenvalue weighted by Gasteiger charge is -2.03. The van der Waals surface area contributed by atoms with E-state index in [1.807, 2.05) is 0 Å². The molecule has 0 saturated carbocycles. The van der Waals surface area contributed by atoms with Gasteiger partial charge in [0, 0.05) is 17.5 Å². The van der Waals surface area contributed by atoms with Gasteiger partial charge in [-0.25, -0.2) is 11.4 Å². The van der Waals surface area contributed by atoms with Crippen LogP contribution < -0.4 is 5.43 Å². The molecule has 0 fully saturated rings. The second kappa shape index (κ2) is 7.30. The number of carbonyl (C=O) groups is 2. The fourth-order valence-corrected chi connectivity index (χ4v) is 3.07. The zero-order valence-electron chi connectivity index (χ0n) is 14.9. The Labute approximate surface area is 155 Å². The molecule has 2 aromatic heterocycles. The number of hydrogen-bond donors (Lipinski definition) is 1. The van der Waals surface area contributed by atoms with Gasteiger partial charge >= 0.3 is 5.97 Å². The van der Waals surface area contributed by atoms with Gasteiger partial charge in [0.1, 0.15) is 11.1 Å². The zero-order chi connectivity index (χ0) is 19.6. The Morgan fingerprint density at radius 1 is 1.26 bits per heavy atom. The first-order valence-corrected chi connectivity index (χ1v) is 8.35. The molecule has 3 aromatic rings. The van der Waals surface area contributed by atoms with E-state index in [-0.39, 0.29) is 30.1 Å². The minimum Gasteiger partial charge on any atom is -0.462 e. The fraction of sp³-hybridized carbons (Fsp3) is 0.200. The quantitative estimate of drug-likeness (QED) is 0.429. The number of aromatic nitrogens is 2. The maximum atomic E-state index is 13.0. The number of aromatic amines is 1. The Morgan fingerprint density at radius 3 is 2.59 bits per heavy atom. The minimum absolute atomic E-state index is 0.119. The van der Waals surface area contributed by atoms with Crippen LogP contribution >= 0.6 is 0 Å². The van der Waals surface area contributed by atoms with Crippen molar-refractivity contribution in [1.29, 1.82) is 0 Å². The van der Waals surface area contributed by atoms with Gasteiger partial charge in [0.25, 0.3) is 6.67 Å². The Balaban J connectivity index is 2.31. The fourth-order valence-electron chi connectivity index (χ4n) is 3.07. The molecule has 0 bridgehead atoms. The van der Waals surface area contributed by atoms with E-state index in [0.717, 1.165) is 0 Å². The van der Waals surface area contributed by atoms with Crippen molar-refractivity contribution in [3.63, 3.8) is 0 Å². The molecule has 0 saturated heterocycles. The predicted octanol–water partition coefficient (Wildman–Crippen LogP) is 2.92. The SMILES string of the molecule is [C-]#[N+]Cn1c(C)c(C(=O)c2ccccc2)c2[nH]cc(C(=O)OCC)c(=O)c21. The molecular formula is C20H17N3O4. The van der Waals surface area contributed by atoms with E-state index < -0.39 is 11.4 Å². The normalized spacial score (nSPS) is 10.6. The highest BCUT2D eigenvalue weighted by molar-refractivity contribution is 6.16. The lowest BCUT2D eigenvalue weighted by atomic mass is 10.0. The molecule has 0 radical (unpaired) electrons. The van der Waals surface area contributed by atoms with Crippen molar-refractivity contribution < 1.29 is 14.3 Å². The van der Waals surface area contributed by atoms with Crippen molar-refractivity contribution in [1.82, 2.24) is 9.55 Å². The molecule has 1 aromatic carbocycles. The van der Waals surface area contributed by atoms with Crippen LogP contribution in [0.2, 0.25) is 0 Å². The van der Waals surface area contributed by atoms with Gasteiger partial charge in [-0.2, -0.15) is 0 Å². The van der Waals surface area contributed by atoms with E-state index in [2.05, 4.69) is 9.83 Å². The standard InChI is InChI=1S/C20H17N3O4/c1-4-27-20(26)14-10-22-16-15(18(24)13-8-6-5-7-9-13)12(2)23(11-21-3)17(16)19(14)25/h5-10H,4,11H2,1-2H3,(H,22,25). The van der Waals surface area contributed by atoms with Crippen molar-refractivity contribution in [3.05, 3.63) is 80.6 Å². The summed E-state index contributed by atoms with van der Waals surface area (Å²) < 4.78 is 6.37. The molecule has 1 N–H and O–H groups in total. The largest absolute Gasteiger partial charge is 0.462 e. The highest BCUT2D eigenvalue weighted by atomic mass is 16.5. The molecule has 0 spiro atoms. The number of pyridine rings is 1. The monoisotopic (exact) mass is 363 g/mol. The molecule has 0 unspecified atom stereocenters. The molecule has 0 amide bonds. The smallest absolute Gasteiger partial charge is 0.343 e. The van der Waals surface area contributed by atoms with Gasteiger partial charge in [-0.05, 0) is 13.8 Å². The summed E-state index contributed by atoms with van der Waals surface area (Å²) in [6, 6.07) is 8.68. The third-order valence-electron chi connectivity index (χ3n) is 4.31. The highest BCUT2D eigenvalue weighted by Crippen LogP contribution is 2.25. The molecule has 3 rings (SSSR count). The molecule has 0 aliphatic carbocycles. The van der Waals surface area contributed by atoms with E-state index in [0.29, 0.717) is 22.3 Å². The van der Waals surface area contributed by atoms with Crippen LogP contribution in [0.25, 0.3) is 15.9 Å². The first-order valence-electron chi connectivity index (χ1n) is 8.35. The van der Waals surface area contributed by atoms with Crippen LogP contribution in [0.15, 0.2) is 41.3 Å². The summed E-state index contributed by atoms with van der Waals surface area (Å²) >= 11 is 0. The Morgan fingerprint density at radius 2 is 1.96 bits per heavy atom. The van der Waals surface area contributed by atoms with Gasteiger partial charge in [-0.3, -0.25) is 19.0 Å². The number of rotatable bonds is 5. The van der Waals surface area contributed by atoms with Gasteiger partial charge < -0.3 is 9.72 Å². The zero-order valence-corrected chi connectivity index (χ0v) is 14.9. The van der Waals surface area contributed by atoms with E-state index in [9.17, 15) is 14.4 Å². The lowest BCUT2D eigenvalue weighted by Crippen LogP contribution is -2.20. The average molecular weight is 363 g/mol. The number of esters is 1. The highest BCUT2D eigenvalue weighted by Gasteiger charge is 2.26. The molecule has 0 aliphatic heterocycles. The number of ether oxygens (including phenoxy) is 1. The number of carbonyl (C=O) groups excluding carboxylic acids is 2. The molecule has 0 aliphatic rings. The molecule has 0 atom stereocenters. The number of ketones is 1. The van der Waals surface area contributed by atoms with Gasteiger partial charge in [-0.1, -0.05) is 30.3 Å². The van der Waals surface area contributed by atoms with Crippen LogP contribution in [-0.2, 0) is 11.4 Å². The second-order valence-corrected chi connectivity index (χ2v) is 5.86. The summed E-state index contributed by atoms with van der Waals surface area (Å²) in [5.74, 6) is -1.01. The van der Waals surface area contributed by atoms with Crippen molar-refractivity contribution >= 4 is 22.8 Å². The summed E-state index contributed by atoms with van der Waals surface area (Å²) in [5, 5.41) is 0. The maximum Gasteiger partial charge on any atom is 0.343 e. The van der Waals surface area contributed by atoms with Crippen LogP contribution in [0, 0.1) is 13.5 Å². The van der Waals surface area contributed by atoms with Gasteiger partial charge in [0.05, 0.1) is 17.7 Å². The second-order valence-electron chi connectivity index (χ2n) is 5.86. The maximum absolute atomic E-state index is 13.0. The lowest BCUT2D eigenvalue weighted by molar-refractivity contribution is 0.0524. The summed E-state index contributed by atoms with van der Waals surface area (Å²) in [4.78, 5) is 44.2. The van der Waals surface area contributed by atoms with Gasteiger partial charge in [-0.15, -0.1) is 0 Å². The first kappa shape index (κ1) is 18.1. The van der Waals surface area contributed by atoms with Crippen LogP contribution in [0.5, 0.6) is 0 Å². The number of nitrogens with zero attached hydrogens (tertiary/aromatic N) is 2. The number of hydrogen-bond acceptors (Lipinski definition) is 4. The van der Waals surface area contributed by atoms with Gasteiger partial charge in [0.2, 0.25) is 5.43 Å². The van der Waals surface area contributed by atoms with Crippen molar-refractivity contribution in [3.8, 4) is 0 Å². The van der Waals surface area contributed by atoms with E-state index in [4.69, 9.17) is 11.3 Å². The van der Waals surface area contributed by atoms with Crippen molar-refractivity contribution in [2.45, 2.75) is 20.5 Å². The predicted molar refractivity (Wildman–Crippen MR) is 99.7 cm³/mol. The van der Waals surface area contributed by atoms with E-state index >= 15 is 0 Å². The van der Waals surface area contributed by atoms with E-state index in [1.165, 1.54) is 10.8 Å². The number of H-pyrrole nitrogens is 1. The topological polar surface area (TPSA) is 85.5 Å². The number of benzene rings is 1. The number of fused-ring (bicyclic) bond motifs is 1. The first-order chi connectivity index (χ1) is 13.0. The molecule has 7 nitrogen and oxygen atoms in total. The summed E-state index contributed by atoms with van der Waals surface area (Å²) in [6.45, 7) is 10.5. The minimum atomic E-state index is -0.746. The Hall–Kier alpha value is -3.66. The summed E-state index contributed by atoms with van der Waals surface area (Å²) in [7, 11) is 0. The third-order valence-corrected chi connectivity index (χ3v) is 4.31. The Kier molecular flexibility index (Phi) is 4.90. The Bertz CT molecular complexity index is 1130. The molecule has 7 heteroatoms.